The van der Waals surface area contributed by atoms with Crippen molar-refractivity contribution in [1.82, 2.24) is 10.3 Å². The Morgan fingerprint density at radius 3 is 2.72 bits per heavy atom. The topological polar surface area (TPSA) is 28.2 Å². The molecule has 0 saturated carbocycles. The number of hydrogen-bond donors (Lipinski definition) is 1. The molecule has 0 radical (unpaired) electrons. The lowest BCUT2D eigenvalue weighted by molar-refractivity contribution is 0.663. The molecule has 18 heavy (non-hydrogen) atoms. The second-order valence-corrected chi connectivity index (χ2v) is 5.08. The van der Waals surface area contributed by atoms with Gasteiger partial charge in [0.2, 0.25) is 0 Å². The first kappa shape index (κ1) is 13.3. The second kappa shape index (κ2) is 7.37. The molecule has 2 rings (SSSR count). The molecule has 0 amide bonds. The van der Waals surface area contributed by atoms with Gasteiger partial charge in [-0.2, -0.15) is 0 Å². The molecule has 0 atom stereocenters. The minimum atomic E-state index is 0.884. The van der Waals surface area contributed by atoms with E-state index in [0.717, 1.165) is 18.8 Å². The van der Waals surface area contributed by atoms with Crippen molar-refractivity contribution in [2.45, 2.75) is 45.6 Å². The molecule has 100 valence electrons. The predicted molar refractivity (Wildman–Crippen MR) is 76.9 cm³/mol. The van der Waals surface area contributed by atoms with E-state index in [1.165, 1.54) is 50.9 Å². The molecule has 1 aromatic heterocycles. The maximum Gasteiger partial charge on any atom is 0.0562 e. The summed E-state index contributed by atoms with van der Waals surface area (Å²) >= 11 is 0. The second-order valence-electron chi connectivity index (χ2n) is 5.08. The van der Waals surface area contributed by atoms with Crippen LogP contribution in [0.15, 0.2) is 18.3 Å². The summed E-state index contributed by atoms with van der Waals surface area (Å²) in [6.45, 7) is 6.54. The first-order chi connectivity index (χ1) is 8.90. The standard InChI is InChI=1S/C15H25N3/c1-2-8-16-13-14-12-15(7-9-17-14)18-10-5-3-4-6-11-18/h7,9,12,16H,2-6,8,10-11,13H2,1H3. The van der Waals surface area contributed by atoms with Gasteiger partial charge in [0.05, 0.1) is 5.69 Å². The van der Waals surface area contributed by atoms with Crippen LogP contribution in [0.2, 0.25) is 0 Å². The molecule has 1 N–H and O–H groups in total. The molecular formula is C15H25N3. The number of aromatic nitrogens is 1. The fraction of sp³-hybridized carbons (Fsp3) is 0.667. The lowest BCUT2D eigenvalue weighted by Gasteiger charge is -2.23. The summed E-state index contributed by atoms with van der Waals surface area (Å²) in [5.74, 6) is 0. The lowest BCUT2D eigenvalue weighted by atomic mass is 10.2. The van der Waals surface area contributed by atoms with Crippen LogP contribution in [-0.4, -0.2) is 24.6 Å². The first-order valence-corrected chi connectivity index (χ1v) is 7.30. The molecule has 1 fully saturated rings. The molecule has 0 spiro atoms. The van der Waals surface area contributed by atoms with Crippen LogP contribution in [0.1, 0.15) is 44.7 Å². The summed E-state index contributed by atoms with van der Waals surface area (Å²) in [7, 11) is 0. The van der Waals surface area contributed by atoms with Gasteiger partial charge < -0.3 is 10.2 Å². The van der Waals surface area contributed by atoms with Crippen LogP contribution < -0.4 is 10.2 Å². The highest BCUT2D eigenvalue weighted by molar-refractivity contribution is 5.46. The van der Waals surface area contributed by atoms with Crippen molar-refractivity contribution in [2.24, 2.45) is 0 Å². The molecular weight excluding hydrogens is 222 g/mol. The number of nitrogens with zero attached hydrogens (tertiary/aromatic N) is 2. The predicted octanol–water partition coefficient (Wildman–Crippen LogP) is 2.96. The molecule has 1 aliphatic rings. The fourth-order valence-corrected chi connectivity index (χ4v) is 2.48. The van der Waals surface area contributed by atoms with Crippen LogP contribution in [0.25, 0.3) is 0 Å². The van der Waals surface area contributed by atoms with Crippen LogP contribution in [0.5, 0.6) is 0 Å². The molecule has 3 nitrogen and oxygen atoms in total. The van der Waals surface area contributed by atoms with Crippen molar-refractivity contribution in [3.05, 3.63) is 24.0 Å². The van der Waals surface area contributed by atoms with Gasteiger partial charge in [0.15, 0.2) is 0 Å². The van der Waals surface area contributed by atoms with Crippen LogP contribution in [-0.2, 0) is 6.54 Å². The normalized spacial score (nSPS) is 16.6. The Kier molecular flexibility index (Phi) is 5.46. The third-order valence-electron chi connectivity index (χ3n) is 3.50. The van der Waals surface area contributed by atoms with E-state index >= 15 is 0 Å². The van der Waals surface area contributed by atoms with Crippen LogP contribution in [0, 0.1) is 0 Å². The lowest BCUT2D eigenvalue weighted by Crippen LogP contribution is -2.24. The van der Waals surface area contributed by atoms with E-state index in [9.17, 15) is 0 Å². The van der Waals surface area contributed by atoms with Crippen molar-refractivity contribution >= 4 is 5.69 Å². The van der Waals surface area contributed by atoms with Crippen LogP contribution in [0.4, 0.5) is 5.69 Å². The van der Waals surface area contributed by atoms with E-state index in [1.54, 1.807) is 0 Å². The Labute approximate surface area is 111 Å². The zero-order chi connectivity index (χ0) is 12.6. The van der Waals surface area contributed by atoms with Gasteiger partial charge in [-0.3, -0.25) is 4.98 Å². The van der Waals surface area contributed by atoms with Gasteiger partial charge in [-0.15, -0.1) is 0 Å². The van der Waals surface area contributed by atoms with Crippen LogP contribution in [0.3, 0.4) is 0 Å². The van der Waals surface area contributed by atoms with Gasteiger partial charge in [-0.25, -0.2) is 0 Å². The highest BCUT2D eigenvalue weighted by Crippen LogP contribution is 2.19. The number of rotatable bonds is 5. The number of nitrogens with one attached hydrogen (secondary N) is 1. The molecule has 1 saturated heterocycles. The van der Waals surface area contributed by atoms with E-state index < -0.39 is 0 Å². The zero-order valence-corrected chi connectivity index (χ0v) is 11.5. The van der Waals surface area contributed by atoms with Crippen molar-refractivity contribution in [2.75, 3.05) is 24.5 Å². The smallest absolute Gasteiger partial charge is 0.0562 e. The number of anilines is 1. The Morgan fingerprint density at radius 2 is 2.00 bits per heavy atom. The van der Waals surface area contributed by atoms with Crippen molar-refractivity contribution in [3.8, 4) is 0 Å². The van der Waals surface area contributed by atoms with Gasteiger partial charge in [0, 0.05) is 31.5 Å². The van der Waals surface area contributed by atoms with Gasteiger partial charge in [-0.1, -0.05) is 19.8 Å². The average Bonchev–Trinajstić information content (AvgIpc) is 2.68. The van der Waals surface area contributed by atoms with E-state index in [1.807, 2.05) is 6.20 Å². The SMILES string of the molecule is CCCNCc1cc(N2CCCCCC2)ccn1. The van der Waals surface area contributed by atoms with E-state index in [-0.39, 0.29) is 0 Å². The molecule has 1 aromatic rings. The molecule has 0 unspecified atom stereocenters. The summed E-state index contributed by atoms with van der Waals surface area (Å²) in [6, 6.07) is 4.39. The monoisotopic (exact) mass is 247 g/mol. The maximum atomic E-state index is 4.44. The van der Waals surface area contributed by atoms with Crippen LogP contribution >= 0.6 is 0 Å². The zero-order valence-electron chi connectivity index (χ0n) is 11.5. The van der Waals surface area contributed by atoms with Crippen molar-refractivity contribution in [1.29, 1.82) is 0 Å². The quantitative estimate of drug-likeness (QED) is 0.811. The summed E-state index contributed by atoms with van der Waals surface area (Å²) < 4.78 is 0. The number of hydrogen-bond acceptors (Lipinski definition) is 3. The first-order valence-electron chi connectivity index (χ1n) is 7.30. The molecule has 0 aromatic carbocycles. The van der Waals surface area contributed by atoms with Gasteiger partial charge >= 0.3 is 0 Å². The Bertz CT molecular complexity index is 343. The van der Waals surface area contributed by atoms with Gasteiger partial charge in [-0.05, 0) is 37.9 Å². The molecule has 0 bridgehead atoms. The third-order valence-corrected chi connectivity index (χ3v) is 3.50. The minimum Gasteiger partial charge on any atom is -0.371 e. The number of pyridine rings is 1. The Hall–Kier alpha value is -1.09. The summed E-state index contributed by atoms with van der Waals surface area (Å²) in [4.78, 5) is 6.95. The molecule has 3 heteroatoms. The van der Waals surface area contributed by atoms with Gasteiger partial charge in [0.1, 0.15) is 0 Å². The van der Waals surface area contributed by atoms with Crippen molar-refractivity contribution < 1.29 is 0 Å². The fourth-order valence-electron chi connectivity index (χ4n) is 2.48. The average molecular weight is 247 g/mol. The molecule has 1 aliphatic heterocycles. The molecule has 2 heterocycles. The highest BCUT2D eigenvalue weighted by atomic mass is 15.1. The largest absolute Gasteiger partial charge is 0.371 e. The van der Waals surface area contributed by atoms with Crippen molar-refractivity contribution in [3.63, 3.8) is 0 Å². The third kappa shape index (κ3) is 3.98. The maximum absolute atomic E-state index is 4.44. The Balaban J connectivity index is 1.96. The highest BCUT2D eigenvalue weighted by Gasteiger charge is 2.10. The van der Waals surface area contributed by atoms with E-state index in [4.69, 9.17) is 0 Å². The minimum absolute atomic E-state index is 0.884. The van der Waals surface area contributed by atoms with E-state index in [0.29, 0.717) is 0 Å². The summed E-state index contributed by atoms with van der Waals surface area (Å²) in [6.07, 6.45) is 8.53. The van der Waals surface area contributed by atoms with E-state index in [2.05, 4.69) is 34.3 Å². The summed E-state index contributed by atoms with van der Waals surface area (Å²) in [5.41, 5.74) is 2.50. The Morgan fingerprint density at radius 1 is 1.22 bits per heavy atom. The van der Waals surface area contributed by atoms with Gasteiger partial charge in [0.25, 0.3) is 0 Å². The summed E-state index contributed by atoms with van der Waals surface area (Å²) in [5, 5.41) is 3.41. The molecule has 0 aliphatic carbocycles.